The summed E-state index contributed by atoms with van der Waals surface area (Å²) in [5, 5.41) is 9.07. The van der Waals surface area contributed by atoms with Gasteiger partial charge in [-0.2, -0.15) is 0 Å². The molecule has 1 N–H and O–H groups in total. The van der Waals surface area contributed by atoms with Crippen LogP contribution in [-0.4, -0.2) is 52.3 Å². The molecule has 28 heavy (non-hydrogen) atoms. The fraction of sp³-hybridized carbons (Fsp3) is 0.571. The van der Waals surface area contributed by atoms with Crippen LogP contribution in [0.3, 0.4) is 0 Å². The smallest absolute Gasteiger partial charge is 0.394 e. The third-order valence-electron chi connectivity index (χ3n) is 5.80. The molecular formula is C21H27FN2O4. The monoisotopic (exact) mass is 390 g/mol. The molecule has 1 aromatic carbocycles. The number of hydrogen-bond acceptors (Lipinski definition) is 3. The predicted molar refractivity (Wildman–Crippen MR) is 101 cm³/mol. The van der Waals surface area contributed by atoms with Crippen LogP contribution in [0.15, 0.2) is 24.3 Å². The predicted octanol–water partition coefficient (Wildman–Crippen LogP) is 2.52. The molecule has 6 nitrogen and oxygen atoms in total. The average molecular weight is 390 g/mol. The van der Waals surface area contributed by atoms with Crippen molar-refractivity contribution in [1.82, 2.24) is 9.80 Å². The van der Waals surface area contributed by atoms with Gasteiger partial charge < -0.3 is 14.9 Å². The van der Waals surface area contributed by atoms with Crippen LogP contribution in [0, 0.1) is 23.6 Å². The van der Waals surface area contributed by atoms with Crippen molar-refractivity contribution in [2.75, 3.05) is 19.6 Å². The van der Waals surface area contributed by atoms with E-state index < -0.39 is 11.9 Å². The Morgan fingerprint density at radius 3 is 2.50 bits per heavy atom. The topological polar surface area (TPSA) is 77.9 Å². The number of nitrogens with zero attached hydrogens (tertiary/aromatic N) is 2. The molecule has 3 rings (SSSR count). The molecule has 0 bridgehead atoms. The lowest BCUT2D eigenvalue weighted by Crippen LogP contribution is -2.45. The standard InChI is InChI=1S/C21H27FN2O4/c1-14(11-24(13-15-2-3-15)20(26)21(27)28)17-8-9-23(19(25)10-17)12-16-4-6-18(22)7-5-16/h4-7,14-15,17H,2-3,8-13H2,1H3,(H,27,28). The van der Waals surface area contributed by atoms with Crippen LogP contribution < -0.4 is 0 Å². The van der Waals surface area contributed by atoms with E-state index in [9.17, 15) is 18.8 Å². The number of carboxylic acid groups (broad SMARTS) is 1. The lowest BCUT2D eigenvalue weighted by Gasteiger charge is -2.36. The van der Waals surface area contributed by atoms with Crippen molar-refractivity contribution in [3.05, 3.63) is 35.6 Å². The number of halogens is 1. The molecule has 152 valence electrons. The Hall–Kier alpha value is -2.44. The number of piperidine rings is 1. The van der Waals surface area contributed by atoms with Gasteiger partial charge >= 0.3 is 11.9 Å². The van der Waals surface area contributed by atoms with E-state index >= 15 is 0 Å². The molecule has 0 aromatic heterocycles. The summed E-state index contributed by atoms with van der Waals surface area (Å²) in [4.78, 5) is 38.9. The molecule has 1 saturated heterocycles. The van der Waals surface area contributed by atoms with E-state index in [-0.39, 0.29) is 23.6 Å². The van der Waals surface area contributed by atoms with E-state index in [2.05, 4.69) is 0 Å². The number of carboxylic acids is 1. The number of likely N-dealkylation sites (tertiary alicyclic amines) is 1. The van der Waals surface area contributed by atoms with Gasteiger partial charge in [0.25, 0.3) is 0 Å². The van der Waals surface area contributed by atoms with Crippen LogP contribution >= 0.6 is 0 Å². The fourth-order valence-corrected chi connectivity index (χ4v) is 3.85. The normalized spacial score (nSPS) is 20.7. The minimum Gasteiger partial charge on any atom is -0.474 e. The summed E-state index contributed by atoms with van der Waals surface area (Å²) in [6.45, 7) is 3.93. The van der Waals surface area contributed by atoms with E-state index in [1.807, 2.05) is 6.92 Å². The average Bonchev–Trinajstić information content (AvgIpc) is 3.48. The Morgan fingerprint density at radius 2 is 1.93 bits per heavy atom. The summed E-state index contributed by atoms with van der Waals surface area (Å²) in [7, 11) is 0. The maximum Gasteiger partial charge on any atom is 0.394 e. The van der Waals surface area contributed by atoms with Crippen LogP contribution in [0.4, 0.5) is 4.39 Å². The minimum absolute atomic E-state index is 0.0470. The van der Waals surface area contributed by atoms with Gasteiger partial charge in [0, 0.05) is 32.6 Å². The molecule has 0 spiro atoms. The van der Waals surface area contributed by atoms with Crippen molar-refractivity contribution < 1.29 is 23.9 Å². The first-order chi connectivity index (χ1) is 13.3. The van der Waals surface area contributed by atoms with Gasteiger partial charge in [0.2, 0.25) is 5.91 Å². The summed E-state index contributed by atoms with van der Waals surface area (Å²) in [6.07, 6.45) is 3.28. The Bertz CT molecular complexity index is 732. The summed E-state index contributed by atoms with van der Waals surface area (Å²) in [5.74, 6) is -1.93. The van der Waals surface area contributed by atoms with Crippen molar-refractivity contribution in [3.8, 4) is 0 Å². The molecule has 1 heterocycles. The Morgan fingerprint density at radius 1 is 1.25 bits per heavy atom. The number of carbonyl (C=O) groups excluding carboxylic acids is 2. The maximum absolute atomic E-state index is 13.0. The van der Waals surface area contributed by atoms with Crippen molar-refractivity contribution >= 4 is 17.8 Å². The Kier molecular flexibility index (Phi) is 6.31. The second-order valence-electron chi connectivity index (χ2n) is 8.13. The van der Waals surface area contributed by atoms with Gasteiger partial charge in [0.05, 0.1) is 0 Å². The fourth-order valence-electron chi connectivity index (χ4n) is 3.85. The van der Waals surface area contributed by atoms with E-state index in [1.165, 1.54) is 17.0 Å². The van der Waals surface area contributed by atoms with Crippen LogP contribution in [-0.2, 0) is 20.9 Å². The number of aliphatic carboxylic acids is 1. The zero-order chi connectivity index (χ0) is 20.3. The van der Waals surface area contributed by atoms with E-state index in [0.717, 1.165) is 24.8 Å². The van der Waals surface area contributed by atoms with Gasteiger partial charge in [-0.1, -0.05) is 19.1 Å². The summed E-state index contributed by atoms with van der Waals surface area (Å²) in [6, 6.07) is 6.15. The van der Waals surface area contributed by atoms with Crippen LogP contribution in [0.5, 0.6) is 0 Å². The molecule has 1 aliphatic carbocycles. The summed E-state index contributed by atoms with van der Waals surface area (Å²) < 4.78 is 13.0. The van der Waals surface area contributed by atoms with Crippen LogP contribution in [0.25, 0.3) is 0 Å². The molecule has 2 aliphatic rings. The number of benzene rings is 1. The van der Waals surface area contributed by atoms with Crippen molar-refractivity contribution in [2.24, 2.45) is 17.8 Å². The zero-order valence-electron chi connectivity index (χ0n) is 16.1. The van der Waals surface area contributed by atoms with Gasteiger partial charge in [-0.25, -0.2) is 9.18 Å². The number of hydrogen-bond donors (Lipinski definition) is 1. The Labute approximate surface area is 164 Å². The van der Waals surface area contributed by atoms with Gasteiger partial charge in [-0.15, -0.1) is 0 Å². The third kappa shape index (κ3) is 5.30. The number of amides is 2. The molecular weight excluding hydrogens is 363 g/mol. The van der Waals surface area contributed by atoms with Crippen LogP contribution in [0.2, 0.25) is 0 Å². The second kappa shape index (κ2) is 8.71. The van der Waals surface area contributed by atoms with Crippen molar-refractivity contribution in [2.45, 2.75) is 39.2 Å². The van der Waals surface area contributed by atoms with Gasteiger partial charge in [-0.05, 0) is 54.7 Å². The van der Waals surface area contributed by atoms with Crippen LogP contribution in [0.1, 0.15) is 38.2 Å². The van der Waals surface area contributed by atoms with E-state index in [1.54, 1.807) is 17.0 Å². The van der Waals surface area contributed by atoms with Gasteiger partial charge in [0.15, 0.2) is 0 Å². The van der Waals surface area contributed by atoms with E-state index in [0.29, 0.717) is 38.5 Å². The molecule has 0 radical (unpaired) electrons. The number of carbonyl (C=O) groups is 3. The molecule has 2 amide bonds. The molecule has 2 unspecified atom stereocenters. The highest BCUT2D eigenvalue weighted by Gasteiger charge is 2.34. The van der Waals surface area contributed by atoms with Crippen molar-refractivity contribution in [1.29, 1.82) is 0 Å². The molecule has 1 aliphatic heterocycles. The third-order valence-corrected chi connectivity index (χ3v) is 5.80. The molecule has 1 saturated carbocycles. The van der Waals surface area contributed by atoms with Gasteiger partial charge in [0.1, 0.15) is 5.82 Å². The SMILES string of the molecule is CC(CN(CC1CC1)C(=O)C(=O)O)C1CCN(Cc2ccc(F)cc2)C(=O)C1. The molecule has 1 aromatic rings. The summed E-state index contributed by atoms with van der Waals surface area (Å²) in [5.41, 5.74) is 0.893. The molecule has 2 atom stereocenters. The first-order valence-electron chi connectivity index (χ1n) is 9.88. The van der Waals surface area contributed by atoms with E-state index in [4.69, 9.17) is 5.11 Å². The first kappa shape index (κ1) is 20.3. The number of rotatable bonds is 7. The lowest BCUT2D eigenvalue weighted by atomic mass is 9.84. The van der Waals surface area contributed by atoms with Crippen molar-refractivity contribution in [3.63, 3.8) is 0 Å². The first-order valence-corrected chi connectivity index (χ1v) is 9.88. The second-order valence-corrected chi connectivity index (χ2v) is 8.13. The highest BCUT2D eigenvalue weighted by Crippen LogP contribution is 2.32. The highest BCUT2D eigenvalue weighted by atomic mass is 19.1. The highest BCUT2D eigenvalue weighted by molar-refractivity contribution is 6.31. The largest absolute Gasteiger partial charge is 0.474 e. The summed E-state index contributed by atoms with van der Waals surface area (Å²) >= 11 is 0. The molecule has 2 fully saturated rings. The van der Waals surface area contributed by atoms with Gasteiger partial charge in [-0.3, -0.25) is 9.59 Å². The Balaban J connectivity index is 1.54. The minimum atomic E-state index is -1.42. The quantitative estimate of drug-likeness (QED) is 0.726. The molecule has 7 heteroatoms. The maximum atomic E-state index is 13.0. The zero-order valence-corrected chi connectivity index (χ0v) is 16.1. The lowest BCUT2D eigenvalue weighted by molar-refractivity contribution is -0.156.